The molecular weight excluding hydrogens is 208 g/mol. The van der Waals surface area contributed by atoms with Crippen molar-refractivity contribution in [2.24, 2.45) is 5.11 Å². The minimum atomic E-state index is -0.239. The SMILES string of the molecule is [N-]=[N+]=NCCNC(=O)COc1ccccc1. The summed E-state index contributed by atoms with van der Waals surface area (Å²) in [7, 11) is 0. The molecule has 1 rings (SSSR count). The molecule has 0 radical (unpaired) electrons. The van der Waals surface area contributed by atoms with Gasteiger partial charge in [-0.05, 0) is 17.7 Å². The highest BCUT2D eigenvalue weighted by Gasteiger charge is 2.00. The van der Waals surface area contributed by atoms with E-state index in [0.29, 0.717) is 12.3 Å². The second-order valence-electron chi connectivity index (χ2n) is 2.91. The lowest BCUT2D eigenvalue weighted by Crippen LogP contribution is -2.30. The summed E-state index contributed by atoms with van der Waals surface area (Å²) in [4.78, 5) is 13.8. The van der Waals surface area contributed by atoms with E-state index in [1.807, 2.05) is 18.2 Å². The summed E-state index contributed by atoms with van der Waals surface area (Å²) >= 11 is 0. The maximum absolute atomic E-state index is 11.2. The van der Waals surface area contributed by atoms with Gasteiger partial charge in [0.25, 0.3) is 5.91 Å². The summed E-state index contributed by atoms with van der Waals surface area (Å²) in [5.41, 5.74) is 8.00. The third kappa shape index (κ3) is 4.88. The fourth-order valence-electron chi connectivity index (χ4n) is 1.01. The first-order valence-electron chi connectivity index (χ1n) is 4.78. The minimum absolute atomic E-state index is 0.0414. The summed E-state index contributed by atoms with van der Waals surface area (Å²) in [6.45, 7) is 0.523. The van der Waals surface area contributed by atoms with Crippen molar-refractivity contribution in [2.45, 2.75) is 0 Å². The van der Waals surface area contributed by atoms with Crippen LogP contribution in [0.2, 0.25) is 0 Å². The summed E-state index contributed by atoms with van der Waals surface area (Å²) in [5, 5.41) is 5.85. The van der Waals surface area contributed by atoms with Crippen molar-refractivity contribution in [1.82, 2.24) is 5.32 Å². The molecule has 0 atom stereocenters. The molecule has 0 aliphatic rings. The van der Waals surface area contributed by atoms with Crippen molar-refractivity contribution in [3.63, 3.8) is 0 Å². The van der Waals surface area contributed by atoms with E-state index in [1.165, 1.54) is 0 Å². The number of carbonyl (C=O) groups excluding carboxylic acids is 1. The van der Waals surface area contributed by atoms with Crippen LogP contribution in [0.15, 0.2) is 35.4 Å². The average Bonchev–Trinajstić information content (AvgIpc) is 2.33. The van der Waals surface area contributed by atoms with Gasteiger partial charge >= 0.3 is 0 Å². The minimum Gasteiger partial charge on any atom is -0.484 e. The Morgan fingerprint density at radius 2 is 2.19 bits per heavy atom. The van der Waals surface area contributed by atoms with Crippen LogP contribution in [0.5, 0.6) is 5.75 Å². The number of hydrogen-bond acceptors (Lipinski definition) is 3. The monoisotopic (exact) mass is 220 g/mol. The first kappa shape index (κ1) is 11.9. The first-order valence-corrected chi connectivity index (χ1v) is 4.78. The number of ether oxygens (including phenoxy) is 1. The molecule has 0 unspecified atom stereocenters. The van der Waals surface area contributed by atoms with Gasteiger partial charge in [-0.3, -0.25) is 4.79 Å². The zero-order valence-corrected chi connectivity index (χ0v) is 8.67. The van der Waals surface area contributed by atoms with Gasteiger partial charge in [-0.1, -0.05) is 23.3 Å². The van der Waals surface area contributed by atoms with E-state index in [9.17, 15) is 4.79 Å². The van der Waals surface area contributed by atoms with Crippen LogP contribution in [0.1, 0.15) is 0 Å². The standard InChI is InChI=1S/C10H12N4O2/c11-14-13-7-6-12-10(15)8-16-9-4-2-1-3-5-9/h1-5H,6-8H2,(H,12,15). The lowest BCUT2D eigenvalue weighted by molar-refractivity contribution is -0.123. The second-order valence-corrected chi connectivity index (χ2v) is 2.91. The van der Waals surface area contributed by atoms with E-state index >= 15 is 0 Å². The molecule has 6 heteroatoms. The molecule has 0 aromatic heterocycles. The summed E-state index contributed by atoms with van der Waals surface area (Å²) in [5.74, 6) is 0.407. The van der Waals surface area contributed by atoms with Gasteiger partial charge in [-0.15, -0.1) is 0 Å². The van der Waals surface area contributed by atoms with Crippen LogP contribution in [0.25, 0.3) is 10.4 Å². The van der Waals surface area contributed by atoms with Gasteiger partial charge in [-0.25, -0.2) is 0 Å². The second kappa shape index (κ2) is 7.14. The smallest absolute Gasteiger partial charge is 0.257 e. The normalized spacial score (nSPS) is 9.00. The van der Waals surface area contributed by atoms with Crippen molar-refractivity contribution < 1.29 is 9.53 Å². The number of nitrogens with zero attached hydrogens (tertiary/aromatic N) is 3. The molecular formula is C10H12N4O2. The maximum Gasteiger partial charge on any atom is 0.257 e. The van der Waals surface area contributed by atoms with Crippen molar-refractivity contribution >= 4 is 5.91 Å². The lowest BCUT2D eigenvalue weighted by atomic mass is 10.3. The molecule has 0 aliphatic heterocycles. The predicted octanol–water partition coefficient (Wildman–Crippen LogP) is 1.49. The molecule has 0 bridgehead atoms. The Hall–Kier alpha value is -2.20. The quantitative estimate of drug-likeness (QED) is 0.341. The molecule has 1 N–H and O–H groups in total. The maximum atomic E-state index is 11.2. The molecule has 0 saturated carbocycles. The van der Waals surface area contributed by atoms with E-state index in [-0.39, 0.29) is 19.1 Å². The third-order valence-corrected chi connectivity index (χ3v) is 1.71. The van der Waals surface area contributed by atoms with Gasteiger partial charge in [0.05, 0.1) is 0 Å². The molecule has 0 spiro atoms. The lowest BCUT2D eigenvalue weighted by Gasteiger charge is -2.05. The Kier molecular flexibility index (Phi) is 5.30. The Bertz CT molecular complexity index is 374. The highest BCUT2D eigenvalue weighted by Crippen LogP contribution is 2.07. The highest BCUT2D eigenvalue weighted by atomic mass is 16.5. The Balaban J connectivity index is 2.18. The Morgan fingerprint density at radius 1 is 1.44 bits per heavy atom. The summed E-state index contributed by atoms with van der Waals surface area (Å²) < 4.78 is 5.21. The van der Waals surface area contributed by atoms with Gasteiger partial charge in [0.2, 0.25) is 0 Å². The fourth-order valence-corrected chi connectivity index (χ4v) is 1.01. The van der Waals surface area contributed by atoms with Crippen molar-refractivity contribution in [3.8, 4) is 5.75 Å². The number of hydrogen-bond donors (Lipinski definition) is 1. The van der Waals surface area contributed by atoms with Crippen molar-refractivity contribution in [1.29, 1.82) is 0 Å². The van der Waals surface area contributed by atoms with Gasteiger partial charge in [-0.2, -0.15) is 0 Å². The molecule has 84 valence electrons. The van der Waals surface area contributed by atoms with E-state index in [1.54, 1.807) is 12.1 Å². The summed E-state index contributed by atoms with van der Waals surface area (Å²) in [6.07, 6.45) is 0. The van der Waals surface area contributed by atoms with E-state index in [0.717, 1.165) is 0 Å². The van der Waals surface area contributed by atoms with Crippen molar-refractivity contribution in [3.05, 3.63) is 40.8 Å². The zero-order valence-electron chi connectivity index (χ0n) is 8.67. The van der Waals surface area contributed by atoms with Gasteiger partial charge < -0.3 is 10.1 Å². The van der Waals surface area contributed by atoms with Crippen LogP contribution in [0.3, 0.4) is 0 Å². The first-order chi connectivity index (χ1) is 7.83. The van der Waals surface area contributed by atoms with Crippen LogP contribution < -0.4 is 10.1 Å². The van der Waals surface area contributed by atoms with Gasteiger partial charge in [0.15, 0.2) is 6.61 Å². The number of rotatable bonds is 6. The van der Waals surface area contributed by atoms with E-state index in [2.05, 4.69) is 15.3 Å². The van der Waals surface area contributed by atoms with Gasteiger partial charge in [0, 0.05) is 18.0 Å². The third-order valence-electron chi connectivity index (χ3n) is 1.71. The topological polar surface area (TPSA) is 87.1 Å². The Labute approximate surface area is 92.8 Å². The molecule has 0 heterocycles. The number of azide groups is 1. The summed E-state index contributed by atoms with van der Waals surface area (Å²) in [6, 6.07) is 9.07. The highest BCUT2D eigenvalue weighted by molar-refractivity contribution is 5.77. The number of carbonyl (C=O) groups is 1. The number of nitrogens with one attached hydrogen (secondary N) is 1. The molecule has 1 aromatic rings. The van der Waals surface area contributed by atoms with Crippen LogP contribution >= 0.6 is 0 Å². The Morgan fingerprint density at radius 3 is 2.88 bits per heavy atom. The number of para-hydroxylation sites is 1. The molecule has 0 saturated heterocycles. The fraction of sp³-hybridized carbons (Fsp3) is 0.300. The van der Waals surface area contributed by atoms with E-state index in [4.69, 9.17) is 10.3 Å². The molecule has 1 amide bonds. The molecule has 6 nitrogen and oxygen atoms in total. The number of benzene rings is 1. The largest absolute Gasteiger partial charge is 0.484 e. The van der Waals surface area contributed by atoms with Crippen molar-refractivity contribution in [2.75, 3.05) is 19.7 Å². The van der Waals surface area contributed by atoms with Crippen LogP contribution in [0, 0.1) is 0 Å². The average molecular weight is 220 g/mol. The van der Waals surface area contributed by atoms with E-state index < -0.39 is 0 Å². The number of amides is 1. The predicted molar refractivity (Wildman–Crippen MR) is 59.0 cm³/mol. The van der Waals surface area contributed by atoms with Crippen LogP contribution in [-0.2, 0) is 4.79 Å². The molecule has 0 aliphatic carbocycles. The van der Waals surface area contributed by atoms with Crippen LogP contribution in [0.4, 0.5) is 0 Å². The van der Waals surface area contributed by atoms with Gasteiger partial charge in [0.1, 0.15) is 5.75 Å². The molecule has 16 heavy (non-hydrogen) atoms. The van der Waals surface area contributed by atoms with Crippen LogP contribution in [-0.4, -0.2) is 25.6 Å². The zero-order chi connectivity index (χ0) is 11.6. The molecule has 1 aromatic carbocycles. The molecule has 0 fully saturated rings.